The van der Waals surface area contributed by atoms with E-state index in [1.54, 1.807) is 4.90 Å². The highest BCUT2D eigenvalue weighted by molar-refractivity contribution is 9.10. The third kappa shape index (κ3) is 3.66. The van der Waals surface area contributed by atoms with Gasteiger partial charge in [-0.15, -0.1) is 0 Å². The van der Waals surface area contributed by atoms with Crippen LogP contribution in [0, 0.1) is 11.8 Å². The van der Waals surface area contributed by atoms with Crippen LogP contribution in [-0.2, 0) is 9.59 Å². The smallest absolute Gasteiger partial charge is 0.229 e. The van der Waals surface area contributed by atoms with Gasteiger partial charge in [0.25, 0.3) is 0 Å². The summed E-state index contributed by atoms with van der Waals surface area (Å²) < 4.78 is 0.926. The van der Waals surface area contributed by atoms with Crippen LogP contribution in [0.5, 0.6) is 0 Å². The second-order valence-corrected chi connectivity index (χ2v) is 9.43. The van der Waals surface area contributed by atoms with E-state index in [0.29, 0.717) is 12.4 Å². The van der Waals surface area contributed by atoms with Crippen LogP contribution in [0.25, 0.3) is 21.9 Å². The number of amides is 2. The van der Waals surface area contributed by atoms with E-state index in [9.17, 15) is 9.59 Å². The van der Waals surface area contributed by atoms with Crippen LogP contribution in [-0.4, -0.2) is 38.5 Å². The summed E-state index contributed by atoms with van der Waals surface area (Å²) in [7, 11) is 0. The molecule has 4 aromatic rings. The number of para-hydroxylation sites is 2. The Hall–Kier alpha value is -3.20. The number of carbonyl (C=O) groups excluding carboxylic acids is 2. The molecule has 0 bridgehead atoms. The number of hydrogen-bond acceptors (Lipinski definition) is 4. The van der Waals surface area contributed by atoms with Gasteiger partial charge < -0.3 is 10.3 Å². The van der Waals surface area contributed by atoms with E-state index in [-0.39, 0.29) is 30.2 Å². The van der Waals surface area contributed by atoms with Gasteiger partial charge in [-0.25, -0.2) is 4.98 Å². The molecule has 9 heteroatoms. The summed E-state index contributed by atoms with van der Waals surface area (Å²) in [6.07, 6.45) is 0.154. The number of hydrogen-bond donors (Lipinski definition) is 3. The first-order chi connectivity index (χ1) is 15.4. The van der Waals surface area contributed by atoms with Crippen molar-refractivity contribution in [1.29, 1.82) is 0 Å². The lowest BCUT2D eigenvalue weighted by molar-refractivity contribution is -0.127. The van der Waals surface area contributed by atoms with Crippen LogP contribution < -0.4 is 10.2 Å². The highest BCUT2D eigenvalue weighted by Gasteiger charge is 2.38. The number of fused-ring (bicyclic) bond motifs is 2. The van der Waals surface area contributed by atoms with Gasteiger partial charge in [0.1, 0.15) is 5.82 Å². The monoisotopic (exact) mass is 494 g/mol. The van der Waals surface area contributed by atoms with Crippen molar-refractivity contribution in [3.63, 3.8) is 0 Å². The average Bonchev–Trinajstić information content (AvgIpc) is 3.47. The number of benzene rings is 2. The zero-order chi connectivity index (χ0) is 22.4. The molecular formula is C23H23BrN6O2. The third-order valence-corrected chi connectivity index (χ3v) is 6.42. The number of anilines is 1. The molecule has 0 unspecified atom stereocenters. The van der Waals surface area contributed by atoms with Crippen molar-refractivity contribution in [3.8, 4) is 0 Å². The van der Waals surface area contributed by atoms with Crippen molar-refractivity contribution in [3.05, 3.63) is 52.8 Å². The minimum absolute atomic E-state index is 0.105. The number of nitrogens with zero attached hydrogens (tertiary/aromatic N) is 3. The maximum Gasteiger partial charge on any atom is 0.229 e. The fourth-order valence-corrected chi connectivity index (χ4v) is 4.57. The van der Waals surface area contributed by atoms with Crippen LogP contribution >= 0.6 is 15.9 Å². The summed E-state index contributed by atoms with van der Waals surface area (Å²) in [5.41, 5.74) is 2.63. The second-order valence-electron chi connectivity index (χ2n) is 8.51. The van der Waals surface area contributed by atoms with Crippen molar-refractivity contribution in [2.24, 2.45) is 11.8 Å². The molecule has 1 aliphatic heterocycles. The molecule has 32 heavy (non-hydrogen) atoms. The number of nitrogens with one attached hydrogen (secondary N) is 3. The van der Waals surface area contributed by atoms with Crippen LogP contribution in [0.3, 0.4) is 0 Å². The zero-order valence-corrected chi connectivity index (χ0v) is 19.3. The van der Waals surface area contributed by atoms with Gasteiger partial charge in [-0.2, -0.15) is 5.10 Å². The van der Waals surface area contributed by atoms with Crippen LogP contribution in [0.2, 0.25) is 0 Å². The Bertz CT molecular complexity index is 1290. The van der Waals surface area contributed by atoms with E-state index in [1.807, 2.05) is 56.3 Å². The molecule has 3 N–H and O–H groups in total. The Kier molecular flexibility index (Phi) is 5.21. The van der Waals surface area contributed by atoms with Gasteiger partial charge in [-0.3, -0.25) is 19.6 Å². The number of aromatic nitrogens is 4. The lowest BCUT2D eigenvalue weighted by atomic mass is 10.0. The maximum absolute atomic E-state index is 13.2. The second kappa shape index (κ2) is 8.05. The van der Waals surface area contributed by atoms with Crippen LogP contribution in [0.1, 0.15) is 32.1 Å². The summed E-state index contributed by atoms with van der Waals surface area (Å²) in [6, 6.07) is 13.2. The van der Waals surface area contributed by atoms with Crippen molar-refractivity contribution in [2.45, 2.75) is 26.3 Å². The minimum atomic E-state index is -0.449. The zero-order valence-electron chi connectivity index (χ0n) is 17.7. The largest absolute Gasteiger partial charge is 0.346 e. The first-order valence-corrected chi connectivity index (χ1v) is 11.4. The number of imidazole rings is 1. The van der Waals surface area contributed by atoms with E-state index in [1.165, 1.54) is 0 Å². The normalized spacial score (nSPS) is 17.6. The molecule has 0 radical (unpaired) electrons. The molecule has 2 amide bonds. The van der Waals surface area contributed by atoms with Crippen molar-refractivity contribution >= 4 is 55.5 Å². The quantitative estimate of drug-likeness (QED) is 0.388. The van der Waals surface area contributed by atoms with Gasteiger partial charge in [0, 0.05) is 22.8 Å². The van der Waals surface area contributed by atoms with E-state index in [0.717, 1.165) is 32.2 Å². The predicted octanol–water partition coefficient (Wildman–Crippen LogP) is 4.07. The van der Waals surface area contributed by atoms with Gasteiger partial charge in [0.15, 0.2) is 5.82 Å². The van der Waals surface area contributed by atoms with Crippen LogP contribution in [0.15, 0.2) is 46.9 Å². The molecule has 1 saturated heterocycles. The molecule has 2 aromatic carbocycles. The predicted molar refractivity (Wildman–Crippen MR) is 126 cm³/mol. The van der Waals surface area contributed by atoms with E-state index >= 15 is 0 Å². The van der Waals surface area contributed by atoms with Gasteiger partial charge in [0.2, 0.25) is 11.8 Å². The number of rotatable bonds is 5. The lowest BCUT2D eigenvalue weighted by Gasteiger charge is -2.22. The van der Waals surface area contributed by atoms with E-state index in [4.69, 9.17) is 0 Å². The molecule has 0 spiro atoms. The minimum Gasteiger partial charge on any atom is -0.346 e. The Morgan fingerprint density at radius 2 is 2.03 bits per heavy atom. The summed E-state index contributed by atoms with van der Waals surface area (Å²) in [6.45, 7) is 4.38. The maximum atomic E-state index is 13.2. The van der Waals surface area contributed by atoms with Gasteiger partial charge in [-0.05, 0) is 36.2 Å². The SMILES string of the molecule is CC(C)[C@H](NC(=O)[C@@H]1CC(=O)N(c2n[nH]c3cc(Br)ccc23)C1)c1nc2ccccc2[nH]1. The summed E-state index contributed by atoms with van der Waals surface area (Å²) in [5.74, 6) is 0.704. The Morgan fingerprint density at radius 1 is 1.22 bits per heavy atom. The molecule has 0 saturated carbocycles. The first kappa shape index (κ1) is 20.7. The molecule has 1 fully saturated rings. The van der Waals surface area contributed by atoms with Gasteiger partial charge in [0.05, 0.1) is 28.5 Å². The molecule has 2 atom stereocenters. The lowest BCUT2D eigenvalue weighted by Crippen LogP contribution is -2.38. The molecule has 3 heterocycles. The van der Waals surface area contributed by atoms with Crippen molar-refractivity contribution in [1.82, 2.24) is 25.5 Å². The number of carbonyl (C=O) groups is 2. The van der Waals surface area contributed by atoms with E-state index in [2.05, 4.69) is 41.4 Å². The Morgan fingerprint density at radius 3 is 2.81 bits per heavy atom. The average molecular weight is 495 g/mol. The fraction of sp³-hybridized carbons (Fsp3) is 0.304. The summed E-state index contributed by atoms with van der Waals surface area (Å²) >= 11 is 3.44. The Balaban J connectivity index is 1.35. The first-order valence-electron chi connectivity index (χ1n) is 10.6. The summed E-state index contributed by atoms with van der Waals surface area (Å²) in [4.78, 5) is 35.5. The topological polar surface area (TPSA) is 107 Å². The molecule has 8 nitrogen and oxygen atoms in total. The number of H-pyrrole nitrogens is 2. The summed E-state index contributed by atoms with van der Waals surface area (Å²) in [5, 5.41) is 11.3. The van der Waals surface area contributed by atoms with Gasteiger partial charge >= 0.3 is 0 Å². The standard InChI is InChI=1S/C23H23BrN6O2/c1-12(2)20(21-25-16-5-3-4-6-17(16)26-21)27-23(32)13-9-19(31)30(11-13)22-15-8-7-14(24)10-18(15)28-29-22/h3-8,10,12-13,20H,9,11H2,1-2H3,(H,25,26)(H,27,32)(H,28,29)/t13-,20+/m1/s1. The number of aromatic amines is 2. The fourth-order valence-electron chi connectivity index (χ4n) is 4.21. The third-order valence-electron chi connectivity index (χ3n) is 5.92. The van der Waals surface area contributed by atoms with E-state index < -0.39 is 5.92 Å². The molecule has 5 rings (SSSR count). The van der Waals surface area contributed by atoms with Crippen LogP contribution in [0.4, 0.5) is 5.82 Å². The molecular weight excluding hydrogens is 472 g/mol. The number of halogens is 1. The van der Waals surface area contributed by atoms with Crippen molar-refractivity contribution < 1.29 is 9.59 Å². The van der Waals surface area contributed by atoms with Gasteiger partial charge in [-0.1, -0.05) is 41.9 Å². The molecule has 0 aliphatic carbocycles. The molecule has 164 valence electrons. The highest BCUT2D eigenvalue weighted by Crippen LogP contribution is 2.32. The molecule has 2 aromatic heterocycles. The molecule has 1 aliphatic rings. The highest BCUT2D eigenvalue weighted by atomic mass is 79.9. The van der Waals surface area contributed by atoms with Crippen molar-refractivity contribution in [2.75, 3.05) is 11.4 Å². The Labute approximate surface area is 192 Å².